The minimum Gasteiger partial charge on any atom is -0.383 e. The third kappa shape index (κ3) is 5.18. The van der Waals surface area contributed by atoms with Crippen LogP contribution in [0.5, 0.6) is 0 Å². The van der Waals surface area contributed by atoms with Gasteiger partial charge in [-0.25, -0.2) is 4.39 Å². The van der Waals surface area contributed by atoms with Gasteiger partial charge in [0.2, 0.25) is 0 Å². The Morgan fingerprint density at radius 3 is 3.00 bits per heavy atom. The number of ether oxygens (including phenoxy) is 1. The predicted octanol–water partition coefficient (Wildman–Crippen LogP) is 2.83. The van der Waals surface area contributed by atoms with E-state index in [0.29, 0.717) is 19.8 Å². The zero-order valence-corrected chi connectivity index (χ0v) is 8.71. The van der Waals surface area contributed by atoms with Gasteiger partial charge in [0, 0.05) is 12.2 Å². The van der Waals surface area contributed by atoms with Crippen LogP contribution in [0.1, 0.15) is 6.42 Å². The van der Waals surface area contributed by atoms with Crippen molar-refractivity contribution in [1.29, 1.82) is 0 Å². The van der Waals surface area contributed by atoms with Gasteiger partial charge in [0.05, 0.1) is 13.2 Å². The maximum Gasteiger partial charge on any atom is 0.125 e. The zero-order chi connectivity index (χ0) is 10.9. The lowest BCUT2D eigenvalue weighted by Gasteiger charge is -2.06. The van der Waals surface area contributed by atoms with Crippen LogP contribution in [0.15, 0.2) is 36.9 Å². The Morgan fingerprint density at radius 1 is 1.40 bits per heavy atom. The fourth-order valence-electron chi connectivity index (χ4n) is 1.13. The molecule has 0 unspecified atom stereocenters. The van der Waals surface area contributed by atoms with Gasteiger partial charge in [-0.2, -0.15) is 0 Å². The first-order valence-electron chi connectivity index (χ1n) is 5.01. The summed E-state index contributed by atoms with van der Waals surface area (Å²) in [5, 5.41) is 3.07. The summed E-state index contributed by atoms with van der Waals surface area (Å²) in [5.74, 6) is -0.229. The average molecular weight is 209 g/mol. The molecule has 1 aromatic carbocycles. The second-order valence-electron chi connectivity index (χ2n) is 3.13. The molecule has 15 heavy (non-hydrogen) atoms. The first-order valence-corrected chi connectivity index (χ1v) is 5.01. The molecule has 0 aliphatic carbocycles. The lowest BCUT2D eigenvalue weighted by molar-refractivity contribution is 0.149. The Hall–Kier alpha value is -1.35. The van der Waals surface area contributed by atoms with Crippen molar-refractivity contribution in [2.75, 3.05) is 25.1 Å². The van der Waals surface area contributed by atoms with Gasteiger partial charge in [-0.1, -0.05) is 12.1 Å². The van der Waals surface area contributed by atoms with Crippen molar-refractivity contribution in [3.05, 3.63) is 42.7 Å². The van der Waals surface area contributed by atoms with Gasteiger partial charge < -0.3 is 10.1 Å². The second kappa shape index (κ2) is 7.01. The summed E-state index contributed by atoms with van der Waals surface area (Å²) in [6.07, 6.45) is 2.68. The number of anilines is 1. The van der Waals surface area contributed by atoms with E-state index < -0.39 is 0 Å². The molecule has 2 nitrogen and oxygen atoms in total. The van der Waals surface area contributed by atoms with Crippen molar-refractivity contribution in [1.82, 2.24) is 0 Å². The smallest absolute Gasteiger partial charge is 0.125 e. The van der Waals surface area contributed by atoms with Crippen molar-refractivity contribution in [3.63, 3.8) is 0 Å². The number of hydrogen-bond donors (Lipinski definition) is 1. The van der Waals surface area contributed by atoms with Crippen molar-refractivity contribution >= 4 is 5.69 Å². The van der Waals surface area contributed by atoms with Crippen LogP contribution in [-0.2, 0) is 4.74 Å². The van der Waals surface area contributed by atoms with Crippen molar-refractivity contribution in [2.24, 2.45) is 0 Å². The predicted molar refractivity (Wildman–Crippen MR) is 60.5 cm³/mol. The normalized spacial score (nSPS) is 9.93. The van der Waals surface area contributed by atoms with E-state index in [9.17, 15) is 4.39 Å². The molecular weight excluding hydrogens is 193 g/mol. The second-order valence-corrected chi connectivity index (χ2v) is 3.13. The third-order valence-electron chi connectivity index (χ3n) is 1.87. The Bertz CT molecular complexity index is 301. The number of rotatable bonds is 7. The molecule has 0 radical (unpaired) electrons. The number of benzene rings is 1. The van der Waals surface area contributed by atoms with E-state index in [1.54, 1.807) is 6.07 Å². The molecule has 1 N–H and O–H groups in total. The fraction of sp³-hybridized carbons (Fsp3) is 0.333. The van der Waals surface area contributed by atoms with Gasteiger partial charge in [-0.3, -0.25) is 0 Å². The van der Waals surface area contributed by atoms with Crippen molar-refractivity contribution in [3.8, 4) is 0 Å². The maximum atomic E-state index is 12.8. The molecule has 0 bridgehead atoms. The van der Waals surface area contributed by atoms with E-state index in [2.05, 4.69) is 11.9 Å². The summed E-state index contributed by atoms with van der Waals surface area (Å²) in [6.45, 7) is 5.58. The lowest BCUT2D eigenvalue weighted by atomic mass is 10.3. The summed E-state index contributed by atoms with van der Waals surface area (Å²) in [7, 11) is 0. The van der Waals surface area contributed by atoms with E-state index >= 15 is 0 Å². The standard InChI is InChI=1S/C12H16FNO/c1-2-3-8-15-9-7-14-12-6-4-5-11(13)10-12/h2,4-6,10,14H,1,3,7-9H2. The Balaban J connectivity index is 2.12. The highest BCUT2D eigenvalue weighted by Gasteiger charge is 1.93. The van der Waals surface area contributed by atoms with E-state index in [1.807, 2.05) is 12.1 Å². The van der Waals surface area contributed by atoms with Crippen LogP contribution in [0, 0.1) is 5.82 Å². The monoisotopic (exact) mass is 209 g/mol. The molecule has 0 spiro atoms. The van der Waals surface area contributed by atoms with Crippen LogP contribution in [0.4, 0.5) is 10.1 Å². The molecule has 0 aliphatic rings. The molecule has 0 amide bonds. The van der Waals surface area contributed by atoms with Crippen LogP contribution in [0.3, 0.4) is 0 Å². The van der Waals surface area contributed by atoms with Crippen LogP contribution in [0.25, 0.3) is 0 Å². The summed E-state index contributed by atoms with van der Waals surface area (Å²) >= 11 is 0. The molecule has 0 heterocycles. The van der Waals surface area contributed by atoms with Gasteiger partial charge >= 0.3 is 0 Å². The van der Waals surface area contributed by atoms with Crippen LogP contribution in [-0.4, -0.2) is 19.8 Å². The molecule has 0 saturated heterocycles. The van der Waals surface area contributed by atoms with Crippen molar-refractivity contribution < 1.29 is 9.13 Å². The molecular formula is C12H16FNO. The number of halogens is 1. The average Bonchev–Trinajstić information content (AvgIpc) is 2.23. The summed E-state index contributed by atoms with van der Waals surface area (Å²) < 4.78 is 18.1. The van der Waals surface area contributed by atoms with E-state index in [1.165, 1.54) is 12.1 Å². The molecule has 3 heteroatoms. The number of hydrogen-bond acceptors (Lipinski definition) is 2. The summed E-state index contributed by atoms with van der Waals surface area (Å²) in [5.41, 5.74) is 0.780. The first-order chi connectivity index (χ1) is 7.33. The minimum atomic E-state index is -0.229. The Kier molecular flexibility index (Phi) is 5.48. The topological polar surface area (TPSA) is 21.3 Å². The quantitative estimate of drug-likeness (QED) is 0.550. The molecule has 1 rings (SSSR count). The lowest BCUT2D eigenvalue weighted by Crippen LogP contribution is -2.09. The van der Waals surface area contributed by atoms with E-state index in [-0.39, 0.29) is 5.82 Å². The molecule has 0 atom stereocenters. The largest absolute Gasteiger partial charge is 0.383 e. The van der Waals surface area contributed by atoms with Crippen molar-refractivity contribution in [2.45, 2.75) is 6.42 Å². The Labute approximate surface area is 89.8 Å². The maximum absolute atomic E-state index is 12.8. The van der Waals surface area contributed by atoms with Crippen LogP contribution in [0.2, 0.25) is 0 Å². The fourth-order valence-corrected chi connectivity index (χ4v) is 1.13. The van der Waals surface area contributed by atoms with Gasteiger partial charge in [-0.15, -0.1) is 6.58 Å². The highest BCUT2D eigenvalue weighted by Crippen LogP contribution is 2.08. The highest BCUT2D eigenvalue weighted by atomic mass is 19.1. The minimum absolute atomic E-state index is 0.229. The van der Waals surface area contributed by atoms with Gasteiger partial charge in [0.15, 0.2) is 0 Å². The SMILES string of the molecule is C=CCCOCCNc1cccc(F)c1. The number of nitrogens with one attached hydrogen (secondary N) is 1. The van der Waals surface area contributed by atoms with E-state index in [4.69, 9.17) is 4.74 Å². The molecule has 0 saturated carbocycles. The van der Waals surface area contributed by atoms with Gasteiger partial charge in [0.25, 0.3) is 0 Å². The molecule has 0 aliphatic heterocycles. The molecule has 1 aromatic rings. The van der Waals surface area contributed by atoms with Crippen LogP contribution < -0.4 is 5.32 Å². The van der Waals surface area contributed by atoms with Gasteiger partial charge in [0.1, 0.15) is 5.82 Å². The highest BCUT2D eigenvalue weighted by molar-refractivity contribution is 5.42. The zero-order valence-electron chi connectivity index (χ0n) is 8.71. The van der Waals surface area contributed by atoms with Crippen LogP contribution >= 0.6 is 0 Å². The van der Waals surface area contributed by atoms with Gasteiger partial charge in [-0.05, 0) is 24.6 Å². The molecule has 82 valence electrons. The molecule has 0 fully saturated rings. The van der Waals surface area contributed by atoms with E-state index in [0.717, 1.165) is 12.1 Å². The first kappa shape index (κ1) is 11.7. The third-order valence-corrected chi connectivity index (χ3v) is 1.87. The molecule has 0 aromatic heterocycles. The Morgan fingerprint density at radius 2 is 2.27 bits per heavy atom. The summed E-state index contributed by atoms with van der Waals surface area (Å²) in [6, 6.07) is 6.39. The summed E-state index contributed by atoms with van der Waals surface area (Å²) in [4.78, 5) is 0.